The minimum absolute atomic E-state index is 0.00631. The number of aromatic nitrogens is 1. The van der Waals surface area contributed by atoms with Gasteiger partial charge in [0.1, 0.15) is 17.0 Å². The number of aryl methyl sites for hydroxylation is 1. The molecule has 1 aromatic heterocycles. The van der Waals surface area contributed by atoms with Gasteiger partial charge in [0.2, 0.25) is 5.91 Å². The normalized spacial score (nSPS) is 20.0. The molecule has 1 aliphatic rings. The van der Waals surface area contributed by atoms with Crippen LogP contribution < -0.4 is 10.6 Å². The summed E-state index contributed by atoms with van der Waals surface area (Å²) in [6.07, 6.45) is 3.94. The molecular formula is C19H23N3O2. The molecule has 1 fully saturated rings. The van der Waals surface area contributed by atoms with Crippen molar-refractivity contribution in [3.63, 3.8) is 0 Å². The summed E-state index contributed by atoms with van der Waals surface area (Å²) in [6, 6.07) is 10.1. The number of nitrogens with one attached hydrogen (secondary N) is 2. The number of carbonyl (C=O) groups excluding carboxylic acids is 1. The van der Waals surface area contributed by atoms with E-state index < -0.39 is 5.54 Å². The molecular weight excluding hydrogens is 302 g/mol. The second kappa shape index (κ2) is 7.01. The Morgan fingerprint density at radius 1 is 1.46 bits per heavy atom. The van der Waals surface area contributed by atoms with Crippen LogP contribution in [0.15, 0.2) is 47.5 Å². The maximum absolute atomic E-state index is 12.6. The van der Waals surface area contributed by atoms with Crippen molar-refractivity contribution in [2.75, 3.05) is 13.1 Å². The first kappa shape index (κ1) is 16.5. The van der Waals surface area contributed by atoms with Crippen molar-refractivity contribution in [2.45, 2.75) is 31.7 Å². The Balaban J connectivity index is 1.77. The first-order valence-electron chi connectivity index (χ1n) is 8.30. The number of carbonyl (C=O) groups is 1. The quantitative estimate of drug-likeness (QED) is 0.801. The molecule has 2 N–H and O–H groups in total. The third kappa shape index (κ3) is 3.41. The Morgan fingerprint density at radius 2 is 2.25 bits per heavy atom. The van der Waals surface area contributed by atoms with Crippen molar-refractivity contribution >= 4 is 5.91 Å². The topological polar surface area (TPSA) is 67.2 Å². The summed E-state index contributed by atoms with van der Waals surface area (Å²) in [5.41, 5.74) is 2.40. The Kier molecular flexibility index (Phi) is 4.81. The lowest BCUT2D eigenvalue weighted by Crippen LogP contribution is -2.55. The van der Waals surface area contributed by atoms with Gasteiger partial charge in [-0.25, -0.2) is 0 Å². The molecule has 5 nitrogen and oxygen atoms in total. The van der Waals surface area contributed by atoms with Gasteiger partial charge in [0.15, 0.2) is 0 Å². The first-order chi connectivity index (χ1) is 11.6. The molecule has 2 aromatic rings. The van der Waals surface area contributed by atoms with Crippen LogP contribution in [0, 0.1) is 6.92 Å². The van der Waals surface area contributed by atoms with Gasteiger partial charge in [-0.05, 0) is 26.3 Å². The van der Waals surface area contributed by atoms with E-state index in [0.717, 1.165) is 30.6 Å². The summed E-state index contributed by atoms with van der Waals surface area (Å²) in [5.74, 6) is 0.710. The van der Waals surface area contributed by atoms with Crippen molar-refractivity contribution in [3.8, 4) is 11.3 Å². The molecule has 1 unspecified atom stereocenters. The molecule has 2 heterocycles. The second-order valence-corrected chi connectivity index (χ2v) is 6.33. The van der Waals surface area contributed by atoms with Gasteiger partial charge in [-0.1, -0.05) is 41.1 Å². The largest absolute Gasteiger partial charge is 0.361 e. The zero-order valence-electron chi connectivity index (χ0n) is 14.0. The molecule has 1 amide bonds. The van der Waals surface area contributed by atoms with E-state index in [1.165, 1.54) is 5.56 Å². The van der Waals surface area contributed by atoms with E-state index in [-0.39, 0.29) is 5.91 Å². The highest BCUT2D eigenvalue weighted by Gasteiger charge is 2.41. The van der Waals surface area contributed by atoms with E-state index in [2.05, 4.69) is 29.3 Å². The van der Waals surface area contributed by atoms with Crippen LogP contribution in [0.4, 0.5) is 0 Å². The van der Waals surface area contributed by atoms with Gasteiger partial charge in [-0.2, -0.15) is 0 Å². The van der Waals surface area contributed by atoms with Crippen molar-refractivity contribution in [1.29, 1.82) is 0 Å². The summed E-state index contributed by atoms with van der Waals surface area (Å²) >= 11 is 0. The van der Waals surface area contributed by atoms with Gasteiger partial charge >= 0.3 is 0 Å². The summed E-state index contributed by atoms with van der Waals surface area (Å²) in [7, 11) is 0. The SMILES string of the molecule is C=CCNC(=O)C1(Cc2cc(-c3ccc(C)cc3)no2)CCCN1. The van der Waals surface area contributed by atoms with Gasteiger partial charge < -0.3 is 15.2 Å². The Labute approximate surface area is 142 Å². The average molecular weight is 325 g/mol. The monoisotopic (exact) mass is 325 g/mol. The van der Waals surface area contributed by atoms with Crippen LogP contribution in [0.2, 0.25) is 0 Å². The van der Waals surface area contributed by atoms with Crippen molar-refractivity contribution in [2.24, 2.45) is 0 Å². The molecule has 0 aliphatic carbocycles. The number of hydrogen-bond donors (Lipinski definition) is 2. The number of benzene rings is 1. The van der Waals surface area contributed by atoms with Crippen LogP contribution in [0.3, 0.4) is 0 Å². The standard InChI is InChI=1S/C19H23N3O2/c1-3-10-20-18(23)19(9-4-11-21-19)13-16-12-17(22-24-16)15-7-5-14(2)6-8-15/h3,5-8,12,21H,1,4,9-11,13H2,2H3,(H,20,23). The average Bonchev–Trinajstić information content (AvgIpc) is 3.24. The predicted octanol–water partition coefficient (Wildman–Crippen LogP) is 2.62. The van der Waals surface area contributed by atoms with Crippen LogP contribution in [0.25, 0.3) is 11.3 Å². The molecule has 3 rings (SSSR count). The summed E-state index contributed by atoms with van der Waals surface area (Å²) in [5, 5.41) is 10.4. The van der Waals surface area contributed by atoms with E-state index >= 15 is 0 Å². The fraction of sp³-hybridized carbons (Fsp3) is 0.368. The van der Waals surface area contributed by atoms with E-state index in [1.54, 1.807) is 6.08 Å². The molecule has 24 heavy (non-hydrogen) atoms. The molecule has 1 saturated heterocycles. The van der Waals surface area contributed by atoms with Crippen LogP contribution in [0.5, 0.6) is 0 Å². The molecule has 126 valence electrons. The zero-order valence-corrected chi connectivity index (χ0v) is 14.0. The summed E-state index contributed by atoms with van der Waals surface area (Å²) in [6.45, 7) is 7.00. The maximum atomic E-state index is 12.6. The van der Waals surface area contributed by atoms with E-state index in [0.29, 0.717) is 18.7 Å². The van der Waals surface area contributed by atoms with Crippen molar-refractivity contribution in [1.82, 2.24) is 15.8 Å². The smallest absolute Gasteiger partial charge is 0.241 e. The molecule has 1 aromatic carbocycles. The third-order valence-electron chi connectivity index (χ3n) is 4.47. The lowest BCUT2D eigenvalue weighted by atomic mass is 9.90. The summed E-state index contributed by atoms with van der Waals surface area (Å²) < 4.78 is 5.50. The number of rotatable bonds is 6. The van der Waals surface area contributed by atoms with Gasteiger partial charge in [-0.3, -0.25) is 4.79 Å². The highest BCUT2D eigenvalue weighted by molar-refractivity contribution is 5.87. The van der Waals surface area contributed by atoms with Gasteiger partial charge in [-0.15, -0.1) is 6.58 Å². The zero-order chi connectivity index (χ0) is 17.0. The summed E-state index contributed by atoms with van der Waals surface area (Å²) in [4.78, 5) is 12.6. The molecule has 1 atom stereocenters. The number of nitrogens with zero attached hydrogens (tertiary/aromatic N) is 1. The molecule has 0 saturated carbocycles. The fourth-order valence-corrected chi connectivity index (χ4v) is 3.12. The minimum Gasteiger partial charge on any atom is -0.361 e. The maximum Gasteiger partial charge on any atom is 0.241 e. The highest BCUT2D eigenvalue weighted by atomic mass is 16.5. The van der Waals surface area contributed by atoms with Crippen LogP contribution >= 0.6 is 0 Å². The van der Waals surface area contributed by atoms with Crippen molar-refractivity contribution < 1.29 is 9.32 Å². The van der Waals surface area contributed by atoms with Crippen LogP contribution in [-0.2, 0) is 11.2 Å². The number of hydrogen-bond acceptors (Lipinski definition) is 4. The van der Waals surface area contributed by atoms with Gasteiger partial charge in [0.05, 0.1) is 0 Å². The molecule has 5 heteroatoms. The van der Waals surface area contributed by atoms with E-state index in [1.807, 2.05) is 30.3 Å². The van der Waals surface area contributed by atoms with Gasteiger partial charge in [0, 0.05) is 24.6 Å². The van der Waals surface area contributed by atoms with Crippen LogP contribution in [0.1, 0.15) is 24.2 Å². The van der Waals surface area contributed by atoms with E-state index in [9.17, 15) is 4.79 Å². The van der Waals surface area contributed by atoms with Gasteiger partial charge in [0.25, 0.3) is 0 Å². The predicted molar refractivity (Wildman–Crippen MR) is 93.6 cm³/mol. The Bertz CT molecular complexity index is 712. The first-order valence-corrected chi connectivity index (χ1v) is 8.30. The molecule has 1 aliphatic heterocycles. The van der Waals surface area contributed by atoms with E-state index in [4.69, 9.17) is 4.52 Å². The highest BCUT2D eigenvalue weighted by Crippen LogP contribution is 2.27. The van der Waals surface area contributed by atoms with Crippen LogP contribution in [-0.4, -0.2) is 29.7 Å². The second-order valence-electron chi connectivity index (χ2n) is 6.33. The molecule has 0 bridgehead atoms. The Hall–Kier alpha value is -2.40. The molecule has 0 spiro atoms. The third-order valence-corrected chi connectivity index (χ3v) is 4.47. The van der Waals surface area contributed by atoms with Crippen molar-refractivity contribution in [3.05, 3.63) is 54.3 Å². The fourth-order valence-electron chi connectivity index (χ4n) is 3.12. The lowest BCUT2D eigenvalue weighted by molar-refractivity contribution is -0.127. The Morgan fingerprint density at radius 3 is 2.92 bits per heavy atom. The minimum atomic E-state index is -0.618. The lowest BCUT2D eigenvalue weighted by Gasteiger charge is -2.26. The molecule has 0 radical (unpaired) electrons. The number of amides is 1.